The SMILES string of the molecule is CC(C)Nc1ncc(-c2cc(N)cc(NC3CCCC3)c2)n(CC(=O)NCc2ccc(C(=N)N)cc2)c1=O. The highest BCUT2D eigenvalue weighted by Crippen LogP contribution is 2.28. The van der Waals surface area contributed by atoms with Crippen LogP contribution in [-0.4, -0.2) is 33.4 Å². The van der Waals surface area contributed by atoms with Crippen molar-refractivity contribution in [2.24, 2.45) is 5.73 Å². The van der Waals surface area contributed by atoms with Crippen molar-refractivity contribution < 1.29 is 4.79 Å². The number of hydrogen-bond donors (Lipinski definition) is 6. The molecule has 1 aliphatic rings. The second-order valence-corrected chi connectivity index (χ2v) is 10.0. The number of nitrogens with zero attached hydrogens (tertiary/aromatic N) is 2. The average Bonchev–Trinajstić information content (AvgIpc) is 3.38. The monoisotopic (exact) mass is 516 g/mol. The van der Waals surface area contributed by atoms with Crippen LogP contribution in [0.1, 0.15) is 50.7 Å². The van der Waals surface area contributed by atoms with Gasteiger partial charge >= 0.3 is 0 Å². The molecule has 200 valence electrons. The van der Waals surface area contributed by atoms with Crippen LogP contribution in [0.2, 0.25) is 0 Å². The van der Waals surface area contributed by atoms with Crippen molar-refractivity contribution in [3.8, 4) is 11.3 Å². The Hall–Kier alpha value is -4.34. The highest BCUT2D eigenvalue weighted by Gasteiger charge is 2.18. The number of rotatable bonds is 10. The Balaban J connectivity index is 1.60. The summed E-state index contributed by atoms with van der Waals surface area (Å²) in [5, 5.41) is 17.0. The molecule has 0 spiro atoms. The Bertz CT molecular complexity index is 1360. The molecular weight excluding hydrogens is 480 g/mol. The summed E-state index contributed by atoms with van der Waals surface area (Å²) in [7, 11) is 0. The molecular formula is C28H36N8O2. The molecule has 2 aromatic carbocycles. The van der Waals surface area contributed by atoms with Crippen molar-refractivity contribution >= 4 is 28.9 Å². The maximum absolute atomic E-state index is 13.4. The quantitative estimate of drug-likeness (QED) is 0.137. The van der Waals surface area contributed by atoms with E-state index in [1.54, 1.807) is 36.5 Å². The van der Waals surface area contributed by atoms with Gasteiger partial charge in [-0.05, 0) is 50.5 Å². The predicted molar refractivity (Wildman–Crippen MR) is 152 cm³/mol. The molecule has 1 heterocycles. The maximum Gasteiger partial charge on any atom is 0.294 e. The van der Waals surface area contributed by atoms with E-state index in [4.69, 9.17) is 16.9 Å². The summed E-state index contributed by atoms with van der Waals surface area (Å²) in [6, 6.07) is 13.1. The molecule has 1 aromatic heterocycles. The third-order valence-electron chi connectivity index (χ3n) is 6.51. The number of nitrogens with two attached hydrogens (primary N) is 2. The number of anilines is 3. The molecule has 3 aromatic rings. The zero-order valence-corrected chi connectivity index (χ0v) is 21.9. The molecule has 38 heavy (non-hydrogen) atoms. The Morgan fingerprint density at radius 2 is 1.87 bits per heavy atom. The molecule has 10 heteroatoms. The van der Waals surface area contributed by atoms with E-state index in [-0.39, 0.29) is 42.3 Å². The van der Waals surface area contributed by atoms with Crippen LogP contribution in [-0.2, 0) is 17.9 Å². The fraction of sp³-hybridized carbons (Fsp3) is 0.357. The zero-order chi connectivity index (χ0) is 27.2. The molecule has 0 saturated heterocycles. The van der Waals surface area contributed by atoms with Gasteiger partial charge in [0.25, 0.3) is 5.56 Å². The molecule has 0 radical (unpaired) electrons. The fourth-order valence-corrected chi connectivity index (χ4v) is 4.64. The minimum absolute atomic E-state index is 0.00381. The second-order valence-electron chi connectivity index (χ2n) is 10.0. The molecule has 1 saturated carbocycles. The van der Waals surface area contributed by atoms with Gasteiger partial charge in [-0.1, -0.05) is 37.1 Å². The Kier molecular flexibility index (Phi) is 8.30. The van der Waals surface area contributed by atoms with E-state index in [1.807, 2.05) is 26.0 Å². The average molecular weight is 517 g/mol. The van der Waals surface area contributed by atoms with Crippen LogP contribution in [0.25, 0.3) is 11.3 Å². The molecule has 4 rings (SSSR count). The van der Waals surface area contributed by atoms with E-state index in [9.17, 15) is 9.59 Å². The van der Waals surface area contributed by atoms with Gasteiger partial charge < -0.3 is 27.4 Å². The van der Waals surface area contributed by atoms with Crippen molar-refractivity contribution in [1.29, 1.82) is 5.41 Å². The van der Waals surface area contributed by atoms with E-state index in [0.717, 1.165) is 24.1 Å². The van der Waals surface area contributed by atoms with E-state index < -0.39 is 0 Å². The highest BCUT2D eigenvalue weighted by atomic mass is 16.2. The third kappa shape index (κ3) is 6.70. The number of nitrogens with one attached hydrogen (secondary N) is 4. The van der Waals surface area contributed by atoms with Crippen LogP contribution in [0.4, 0.5) is 17.2 Å². The van der Waals surface area contributed by atoms with Gasteiger partial charge in [0.1, 0.15) is 12.4 Å². The largest absolute Gasteiger partial charge is 0.399 e. The first-order valence-electron chi connectivity index (χ1n) is 12.9. The summed E-state index contributed by atoms with van der Waals surface area (Å²) < 4.78 is 1.43. The van der Waals surface area contributed by atoms with Crippen molar-refractivity contribution in [3.63, 3.8) is 0 Å². The first kappa shape index (κ1) is 26.7. The topological polar surface area (TPSA) is 164 Å². The molecule has 1 fully saturated rings. The van der Waals surface area contributed by atoms with E-state index >= 15 is 0 Å². The first-order valence-corrected chi connectivity index (χ1v) is 12.9. The highest BCUT2D eigenvalue weighted by molar-refractivity contribution is 5.94. The number of carbonyl (C=O) groups is 1. The molecule has 1 amide bonds. The van der Waals surface area contributed by atoms with Gasteiger partial charge in [0.05, 0.1) is 11.9 Å². The summed E-state index contributed by atoms with van der Waals surface area (Å²) in [4.78, 5) is 30.8. The number of carbonyl (C=O) groups excluding carboxylic acids is 1. The van der Waals surface area contributed by atoms with Crippen LogP contribution < -0.4 is 33.0 Å². The van der Waals surface area contributed by atoms with E-state index in [0.29, 0.717) is 28.6 Å². The third-order valence-corrected chi connectivity index (χ3v) is 6.51. The molecule has 10 nitrogen and oxygen atoms in total. The van der Waals surface area contributed by atoms with Gasteiger partial charge in [-0.25, -0.2) is 4.98 Å². The Morgan fingerprint density at radius 1 is 1.16 bits per heavy atom. The molecule has 0 bridgehead atoms. The minimum atomic E-state index is -0.384. The lowest BCUT2D eigenvalue weighted by molar-refractivity contribution is -0.121. The fourth-order valence-electron chi connectivity index (χ4n) is 4.64. The van der Waals surface area contributed by atoms with Gasteiger partial charge in [0.2, 0.25) is 5.91 Å². The smallest absolute Gasteiger partial charge is 0.294 e. The van der Waals surface area contributed by atoms with Crippen molar-refractivity contribution in [2.45, 2.75) is 64.7 Å². The lowest BCUT2D eigenvalue weighted by atomic mass is 10.1. The molecule has 0 atom stereocenters. The second kappa shape index (κ2) is 11.8. The number of amides is 1. The van der Waals surface area contributed by atoms with Gasteiger partial charge in [0.15, 0.2) is 5.82 Å². The molecule has 0 aliphatic heterocycles. The molecule has 1 aliphatic carbocycles. The number of benzene rings is 2. The van der Waals surface area contributed by atoms with Crippen molar-refractivity contribution in [1.82, 2.24) is 14.9 Å². The lowest BCUT2D eigenvalue weighted by Gasteiger charge is -2.18. The van der Waals surface area contributed by atoms with E-state index in [2.05, 4.69) is 20.9 Å². The number of aromatic nitrogens is 2. The Morgan fingerprint density at radius 3 is 2.53 bits per heavy atom. The lowest BCUT2D eigenvalue weighted by Crippen LogP contribution is -2.35. The van der Waals surface area contributed by atoms with Crippen molar-refractivity contribution in [3.05, 3.63) is 70.1 Å². The summed E-state index contributed by atoms with van der Waals surface area (Å²) in [6.07, 6.45) is 6.24. The first-order chi connectivity index (χ1) is 18.2. The van der Waals surface area contributed by atoms with Gasteiger partial charge in [0, 0.05) is 41.1 Å². The van der Waals surface area contributed by atoms with Gasteiger partial charge in [-0.15, -0.1) is 0 Å². The van der Waals surface area contributed by atoms with E-state index in [1.165, 1.54) is 17.4 Å². The minimum Gasteiger partial charge on any atom is -0.399 e. The normalized spacial score (nSPS) is 13.4. The van der Waals surface area contributed by atoms with Crippen LogP contribution in [0.3, 0.4) is 0 Å². The summed E-state index contributed by atoms with van der Waals surface area (Å²) in [6.45, 7) is 3.93. The maximum atomic E-state index is 13.4. The van der Waals surface area contributed by atoms with Crippen LogP contribution in [0.5, 0.6) is 0 Å². The van der Waals surface area contributed by atoms with Crippen LogP contribution in [0, 0.1) is 5.41 Å². The summed E-state index contributed by atoms with van der Waals surface area (Å²) >= 11 is 0. The van der Waals surface area contributed by atoms with Gasteiger partial charge in [-0.3, -0.25) is 19.6 Å². The number of amidine groups is 1. The molecule has 0 unspecified atom stereocenters. The summed E-state index contributed by atoms with van der Waals surface area (Å²) in [5.74, 6) is -0.150. The van der Waals surface area contributed by atoms with Crippen LogP contribution >= 0.6 is 0 Å². The van der Waals surface area contributed by atoms with Crippen molar-refractivity contribution in [2.75, 3.05) is 16.4 Å². The van der Waals surface area contributed by atoms with Gasteiger partial charge in [-0.2, -0.15) is 0 Å². The predicted octanol–water partition coefficient (Wildman–Crippen LogP) is 3.27. The number of hydrogen-bond acceptors (Lipinski definition) is 7. The summed E-state index contributed by atoms with van der Waals surface area (Å²) in [5.41, 5.74) is 15.5. The standard InChI is InChI=1S/C28H36N8O2/c1-17(2)34-27-28(38)36(16-25(37)32-14-18-7-9-19(10-8-18)26(30)31)24(15-33-27)20-11-21(29)13-23(12-20)35-22-5-3-4-6-22/h7-13,15,17,22,35H,3-6,14,16,29H2,1-2H3,(H3,30,31)(H,32,37)(H,33,34). The Labute approximate surface area is 222 Å². The van der Waals surface area contributed by atoms with Crippen LogP contribution in [0.15, 0.2) is 53.5 Å². The zero-order valence-electron chi connectivity index (χ0n) is 21.9. The number of nitrogen functional groups attached to an aromatic ring is 2. The molecule has 8 N–H and O–H groups in total.